The van der Waals surface area contributed by atoms with Crippen molar-refractivity contribution in [2.45, 2.75) is 20.0 Å². The topological polar surface area (TPSA) is 79.8 Å². The number of nitrogens with zero attached hydrogens (tertiary/aromatic N) is 1. The fourth-order valence-corrected chi connectivity index (χ4v) is 2.15. The molecule has 7 heteroatoms. The highest BCUT2D eigenvalue weighted by molar-refractivity contribution is 6.35. The molecule has 0 aliphatic heterocycles. The van der Waals surface area contributed by atoms with Crippen LogP contribution < -0.4 is 15.5 Å². The van der Waals surface area contributed by atoms with E-state index in [-0.39, 0.29) is 0 Å². The number of halogens is 1. The Labute approximate surface area is 157 Å². The average Bonchev–Trinajstić information content (AvgIpc) is 2.66. The number of hydrogen-bond donors (Lipinski definition) is 2. The number of amides is 2. The maximum Gasteiger partial charge on any atom is 0.329 e. The maximum absolute atomic E-state index is 11.5. The van der Waals surface area contributed by atoms with Gasteiger partial charge in [0.05, 0.1) is 6.21 Å². The van der Waals surface area contributed by atoms with Crippen LogP contribution in [0, 0.1) is 0 Å². The third-order valence-corrected chi connectivity index (χ3v) is 3.72. The van der Waals surface area contributed by atoms with Crippen molar-refractivity contribution < 1.29 is 14.3 Å². The van der Waals surface area contributed by atoms with Gasteiger partial charge in [0.25, 0.3) is 0 Å². The molecule has 2 N–H and O–H groups in total. The number of hydrogen-bond acceptors (Lipinski definition) is 4. The van der Waals surface area contributed by atoms with Crippen LogP contribution >= 0.6 is 11.6 Å². The zero-order valence-corrected chi connectivity index (χ0v) is 15.1. The Hall–Kier alpha value is -2.86. The van der Waals surface area contributed by atoms with Gasteiger partial charge >= 0.3 is 11.8 Å². The van der Waals surface area contributed by atoms with E-state index in [2.05, 4.69) is 15.8 Å². The zero-order chi connectivity index (χ0) is 18.8. The lowest BCUT2D eigenvalue weighted by molar-refractivity contribution is -0.139. The zero-order valence-electron chi connectivity index (χ0n) is 14.4. The summed E-state index contributed by atoms with van der Waals surface area (Å²) in [5.41, 5.74) is 3.84. The van der Waals surface area contributed by atoms with Gasteiger partial charge in [0.15, 0.2) is 0 Å². The monoisotopic (exact) mass is 373 g/mol. The van der Waals surface area contributed by atoms with Gasteiger partial charge in [-0.2, -0.15) is 5.10 Å². The van der Waals surface area contributed by atoms with E-state index < -0.39 is 11.8 Å². The van der Waals surface area contributed by atoms with E-state index in [0.717, 1.165) is 17.5 Å². The van der Waals surface area contributed by atoms with Crippen LogP contribution in [0.5, 0.6) is 5.75 Å². The quantitative estimate of drug-likeness (QED) is 0.445. The summed E-state index contributed by atoms with van der Waals surface area (Å²) in [7, 11) is 0. The summed E-state index contributed by atoms with van der Waals surface area (Å²) in [6, 6.07) is 14.6. The van der Waals surface area contributed by atoms with Gasteiger partial charge in [-0.1, -0.05) is 36.7 Å². The predicted octanol–water partition coefficient (Wildman–Crippen LogP) is 2.90. The first-order valence-corrected chi connectivity index (χ1v) is 8.55. The van der Waals surface area contributed by atoms with E-state index in [9.17, 15) is 9.59 Å². The van der Waals surface area contributed by atoms with Gasteiger partial charge in [-0.25, -0.2) is 5.43 Å². The van der Waals surface area contributed by atoms with Gasteiger partial charge < -0.3 is 10.1 Å². The number of benzene rings is 2. The molecule has 0 aliphatic carbocycles. The molecule has 0 unspecified atom stereocenters. The fraction of sp³-hybridized carbons (Fsp3) is 0.211. The minimum Gasteiger partial charge on any atom is -0.489 e. The van der Waals surface area contributed by atoms with Crippen LogP contribution in [0.15, 0.2) is 53.6 Å². The molecular weight excluding hydrogens is 354 g/mol. The summed E-state index contributed by atoms with van der Waals surface area (Å²) in [6.07, 6.45) is 2.20. The molecule has 0 saturated carbocycles. The van der Waals surface area contributed by atoms with Gasteiger partial charge in [0.2, 0.25) is 0 Å². The normalized spacial score (nSPS) is 10.5. The highest BCUT2D eigenvalue weighted by Crippen LogP contribution is 2.18. The lowest BCUT2D eigenvalue weighted by atomic mass is 10.2. The second-order valence-electron chi connectivity index (χ2n) is 5.40. The summed E-state index contributed by atoms with van der Waals surface area (Å²) in [5, 5.41) is 6.89. The van der Waals surface area contributed by atoms with Crippen LogP contribution in [0.1, 0.15) is 24.5 Å². The minimum atomic E-state index is -0.797. The van der Waals surface area contributed by atoms with Crippen LogP contribution in [-0.4, -0.2) is 24.6 Å². The molecule has 0 heterocycles. The van der Waals surface area contributed by atoms with Gasteiger partial charge in [0, 0.05) is 17.1 Å². The number of carbonyl (C=O) groups is 2. The predicted molar refractivity (Wildman–Crippen MR) is 101 cm³/mol. The molecule has 26 heavy (non-hydrogen) atoms. The van der Waals surface area contributed by atoms with E-state index in [1.165, 1.54) is 6.21 Å². The van der Waals surface area contributed by atoms with Crippen molar-refractivity contribution in [2.75, 3.05) is 6.54 Å². The van der Waals surface area contributed by atoms with Crippen LogP contribution in [0.4, 0.5) is 0 Å². The summed E-state index contributed by atoms with van der Waals surface area (Å²) in [4.78, 5) is 22.9. The Bertz CT molecular complexity index is 776. The first-order valence-electron chi connectivity index (χ1n) is 8.17. The Morgan fingerprint density at radius 3 is 2.54 bits per heavy atom. The highest BCUT2D eigenvalue weighted by Gasteiger charge is 2.10. The second kappa shape index (κ2) is 10.2. The van der Waals surface area contributed by atoms with Crippen LogP contribution in [0.2, 0.25) is 5.02 Å². The summed E-state index contributed by atoms with van der Waals surface area (Å²) < 4.78 is 5.69. The van der Waals surface area contributed by atoms with E-state index in [1.54, 1.807) is 24.3 Å². The number of nitrogens with one attached hydrogen (secondary N) is 2. The Kier molecular flexibility index (Phi) is 7.64. The molecule has 2 amide bonds. The van der Waals surface area contributed by atoms with E-state index in [0.29, 0.717) is 23.9 Å². The average molecular weight is 374 g/mol. The van der Waals surface area contributed by atoms with Crippen molar-refractivity contribution in [3.63, 3.8) is 0 Å². The summed E-state index contributed by atoms with van der Waals surface area (Å²) >= 11 is 6.09. The van der Waals surface area contributed by atoms with Crippen LogP contribution in [0.25, 0.3) is 0 Å². The van der Waals surface area contributed by atoms with Crippen molar-refractivity contribution in [2.24, 2.45) is 5.10 Å². The first-order chi connectivity index (χ1) is 12.6. The van der Waals surface area contributed by atoms with Gasteiger partial charge in [-0.05, 0) is 42.3 Å². The molecule has 2 rings (SSSR count). The van der Waals surface area contributed by atoms with Gasteiger partial charge in [-0.15, -0.1) is 0 Å². The number of rotatable bonds is 7. The van der Waals surface area contributed by atoms with Crippen molar-refractivity contribution >= 4 is 29.6 Å². The molecule has 0 aromatic heterocycles. The van der Waals surface area contributed by atoms with Crippen molar-refractivity contribution in [1.29, 1.82) is 0 Å². The maximum atomic E-state index is 11.5. The lowest BCUT2D eigenvalue weighted by Gasteiger charge is -2.07. The summed E-state index contributed by atoms with van der Waals surface area (Å²) in [5.74, 6) is -0.813. The molecule has 0 atom stereocenters. The SMILES string of the molecule is CCCNC(=O)C(=O)N/N=C/c1ccc(OCc2ccccc2Cl)cc1. The molecular formula is C19H20ClN3O3. The Balaban J connectivity index is 1.82. The smallest absolute Gasteiger partial charge is 0.329 e. The van der Waals surface area contributed by atoms with Crippen LogP contribution in [0.3, 0.4) is 0 Å². The molecule has 0 saturated heterocycles. The van der Waals surface area contributed by atoms with Gasteiger partial charge in [-0.3, -0.25) is 9.59 Å². The molecule has 0 fully saturated rings. The number of ether oxygens (including phenoxy) is 1. The van der Waals surface area contributed by atoms with Crippen molar-refractivity contribution in [1.82, 2.24) is 10.7 Å². The van der Waals surface area contributed by atoms with Crippen LogP contribution in [-0.2, 0) is 16.2 Å². The molecule has 2 aromatic rings. The standard InChI is InChI=1S/C19H20ClN3O3/c1-2-11-21-18(24)19(25)23-22-12-14-7-9-16(10-8-14)26-13-15-5-3-4-6-17(15)20/h3-10,12H,2,11,13H2,1H3,(H,21,24)(H,23,25)/b22-12+. The Morgan fingerprint density at radius 2 is 1.85 bits per heavy atom. The third-order valence-electron chi connectivity index (χ3n) is 3.35. The van der Waals surface area contributed by atoms with E-state index >= 15 is 0 Å². The van der Waals surface area contributed by atoms with E-state index in [4.69, 9.17) is 16.3 Å². The van der Waals surface area contributed by atoms with Crippen molar-refractivity contribution in [3.8, 4) is 5.75 Å². The van der Waals surface area contributed by atoms with Crippen molar-refractivity contribution in [3.05, 3.63) is 64.7 Å². The van der Waals surface area contributed by atoms with E-state index in [1.807, 2.05) is 31.2 Å². The molecule has 6 nitrogen and oxygen atoms in total. The fourth-order valence-electron chi connectivity index (χ4n) is 1.96. The molecule has 2 aromatic carbocycles. The molecule has 0 aliphatic rings. The lowest BCUT2D eigenvalue weighted by Crippen LogP contribution is -2.38. The largest absolute Gasteiger partial charge is 0.489 e. The summed E-state index contributed by atoms with van der Waals surface area (Å²) in [6.45, 7) is 2.72. The molecule has 0 spiro atoms. The highest BCUT2D eigenvalue weighted by atomic mass is 35.5. The molecule has 0 bridgehead atoms. The number of carbonyl (C=O) groups excluding carboxylic acids is 2. The number of hydrazone groups is 1. The van der Waals surface area contributed by atoms with Gasteiger partial charge in [0.1, 0.15) is 12.4 Å². The third kappa shape index (κ3) is 6.22. The molecule has 136 valence electrons. The first kappa shape index (κ1) is 19.5. The second-order valence-corrected chi connectivity index (χ2v) is 5.81. The Morgan fingerprint density at radius 1 is 1.12 bits per heavy atom. The minimum absolute atomic E-state index is 0.371. The molecule has 0 radical (unpaired) electrons.